The average molecular weight is 500 g/mol. The summed E-state index contributed by atoms with van der Waals surface area (Å²) in [4.78, 5) is 4.43. The van der Waals surface area contributed by atoms with Crippen molar-refractivity contribution in [2.24, 2.45) is 4.99 Å². The third-order valence-corrected chi connectivity index (χ3v) is 5.43. The highest BCUT2D eigenvalue weighted by atomic mass is 127. The maximum atomic E-state index is 12.6. The largest absolute Gasteiger partial charge is 0.511 e. The molecule has 0 bridgehead atoms. The highest BCUT2D eigenvalue weighted by molar-refractivity contribution is 14.0. The molecule has 2 N–H and O–H groups in total. The van der Waals surface area contributed by atoms with E-state index in [0.29, 0.717) is 36.2 Å². The second-order valence-corrected chi connectivity index (χ2v) is 7.67. The first-order valence-electron chi connectivity index (χ1n) is 8.33. The Labute approximate surface area is 165 Å². The van der Waals surface area contributed by atoms with Crippen LogP contribution in [0.1, 0.15) is 46.0 Å². The van der Waals surface area contributed by atoms with Gasteiger partial charge in [-0.05, 0) is 26.2 Å². The molecule has 1 heterocycles. The van der Waals surface area contributed by atoms with Crippen LogP contribution < -0.4 is 10.6 Å². The zero-order valence-corrected chi connectivity index (χ0v) is 17.7. The van der Waals surface area contributed by atoms with Crippen molar-refractivity contribution in [2.75, 3.05) is 26.2 Å². The van der Waals surface area contributed by atoms with E-state index in [2.05, 4.69) is 22.5 Å². The predicted molar refractivity (Wildman–Crippen MR) is 104 cm³/mol. The van der Waals surface area contributed by atoms with Crippen molar-refractivity contribution in [3.8, 4) is 0 Å². The van der Waals surface area contributed by atoms with Crippen LogP contribution in [0, 0.1) is 0 Å². The number of aliphatic imine (C=N–C) groups is 1. The SMILES string of the molecule is CCCCCN=C(NCC)NC1CCN(S(=O)(=O)C(F)(F)F)CC1.I. The molecule has 0 unspecified atom stereocenters. The van der Waals surface area contributed by atoms with E-state index in [4.69, 9.17) is 0 Å². The molecule has 1 aliphatic rings. The minimum atomic E-state index is -5.23. The number of hydrogen-bond donors (Lipinski definition) is 2. The third kappa shape index (κ3) is 7.85. The van der Waals surface area contributed by atoms with E-state index < -0.39 is 15.5 Å². The molecule has 0 aromatic carbocycles. The molecule has 0 spiro atoms. The Hall–Kier alpha value is -0.300. The van der Waals surface area contributed by atoms with Crippen LogP contribution in [0.4, 0.5) is 13.2 Å². The molecule has 1 aliphatic heterocycles. The summed E-state index contributed by atoms with van der Waals surface area (Å²) < 4.78 is 60.9. The van der Waals surface area contributed by atoms with Crippen LogP contribution in [0.25, 0.3) is 0 Å². The van der Waals surface area contributed by atoms with Crippen molar-refractivity contribution >= 4 is 40.0 Å². The molecule has 0 radical (unpaired) electrons. The second kappa shape index (κ2) is 11.4. The maximum Gasteiger partial charge on any atom is 0.511 e. The van der Waals surface area contributed by atoms with Gasteiger partial charge in [0.2, 0.25) is 0 Å². The van der Waals surface area contributed by atoms with Gasteiger partial charge in [-0.15, -0.1) is 24.0 Å². The van der Waals surface area contributed by atoms with Crippen LogP contribution in [0.2, 0.25) is 0 Å². The maximum absolute atomic E-state index is 12.6. The quantitative estimate of drug-likeness (QED) is 0.244. The van der Waals surface area contributed by atoms with Crippen molar-refractivity contribution < 1.29 is 21.6 Å². The van der Waals surface area contributed by atoms with Crippen LogP contribution in [-0.2, 0) is 10.0 Å². The van der Waals surface area contributed by atoms with Crippen LogP contribution in [0.3, 0.4) is 0 Å². The van der Waals surface area contributed by atoms with Crippen LogP contribution >= 0.6 is 24.0 Å². The van der Waals surface area contributed by atoms with Crippen molar-refractivity contribution in [3.63, 3.8) is 0 Å². The Morgan fingerprint density at radius 2 is 1.80 bits per heavy atom. The molecule has 1 fully saturated rings. The van der Waals surface area contributed by atoms with E-state index in [1.807, 2.05) is 6.92 Å². The molecule has 1 rings (SSSR count). The summed E-state index contributed by atoms with van der Waals surface area (Å²) in [7, 11) is -5.22. The lowest BCUT2D eigenvalue weighted by atomic mass is 10.1. The topological polar surface area (TPSA) is 73.8 Å². The molecule has 0 aliphatic carbocycles. The molecule has 6 nitrogen and oxygen atoms in total. The minimum Gasteiger partial charge on any atom is -0.357 e. The number of hydrogen-bond acceptors (Lipinski definition) is 3. The molecule has 0 atom stereocenters. The van der Waals surface area contributed by atoms with Gasteiger partial charge in [-0.3, -0.25) is 4.99 Å². The van der Waals surface area contributed by atoms with E-state index in [-0.39, 0.29) is 43.1 Å². The standard InChI is InChI=1S/C14H27F3N4O2S.HI/c1-3-5-6-9-19-13(18-4-2)20-12-7-10-21(11-8-12)24(22,23)14(15,16)17;/h12H,3-11H2,1-2H3,(H2,18,19,20);1H. The van der Waals surface area contributed by atoms with Gasteiger partial charge in [-0.2, -0.15) is 17.5 Å². The van der Waals surface area contributed by atoms with Gasteiger partial charge < -0.3 is 10.6 Å². The molecule has 0 aromatic rings. The number of guanidine groups is 1. The van der Waals surface area contributed by atoms with E-state index >= 15 is 0 Å². The number of sulfonamides is 1. The molecular weight excluding hydrogens is 472 g/mol. The number of alkyl halides is 3. The van der Waals surface area contributed by atoms with Gasteiger partial charge in [-0.25, -0.2) is 8.42 Å². The zero-order chi connectivity index (χ0) is 18.2. The molecule has 1 saturated heterocycles. The fourth-order valence-electron chi connectivity index (χ4n) is 2.45. The summed E-state index contributed by atoms with van der Waals surface area (Å²) in [5.41, 5.74) is -5.23. The van der Waals surface area contributed by atoms with Gasteiger partial charge in [0.1, 0.15) is 0 Å². The van der Waals surface area contributed by atoms with Gasteiger partial charge in [0.15, 0.2) is 5.96 Å². The van der Waals surface area contributed by atoms with Gasteiger partial charge >= 0.3 is 15.5 Å². The number of nitrogens with zero attached hydrogens (tertiary/aromatic N) is 2. The Bertz CT molecular complexity index is 507. The van der Waals surface area contributed by atoms with E-state index in [9.17, 15) is 21.6 Å². The lowest BCUT2D eigenvalue weighted by molar-refractivity contribution is -0.0494. The Balaban J connectivity index is 0.00000576. The smallest absolute Gasteiger partial charge is 0.357 e. The fourth-order valence-corrected chi connectivity index (χ4v) is 3.44. The normalized spacial score (nSPS) is 17.9. The fraction of sp³-hybridized carbons (Fsp3) is 0.929. The van der Waals surface area contributed by atoms with E-state index in [1.54, 1.807) is 0 Å². The highest BCUT2D eigenvalue weighted by Crippen LogP contribution is 2.28. The van der Waals surface area contributed by atoms with Crippen LogP contribution in [-0.4, -0.2) is 56.4 Å². The van der Waals surface area contributed by atoms with Crippen molar-refractivity contribution in [1.29, 1.82) is 0 Å². The molecule has 150 valence electrons. The Morgan fingerprint density at radius 3 is 2.28 bits per heavy atom. The van der Waals surface area contributed by atoms with Crippen molar-refractivity contribution in [3.05, 3.63) is 0 Å². The first-order chi connectivity index (χ1) is 11.2. The van der Waals surface area contributed by atoms with E-state index in [0.717, 1.165) is 19.3 Å². The number of unbranched alkanes of at least 4 members (excludes halogenated alkanes) is 2. The molecule has 25 heavy (non-hydrogen) atoms. The Kier molecular flexibility index (Phi) is 11.3. The second-order valence-electron chi connectivity index (χ2n) is 5.74. The molecule has 11 heteroatoms. The van der Waals surface area contributed by atoms with Gasteiger partial charge in [0.25, 0.3) is 0 Å². The third-order valence-electron chi connectivity index (χ3n) is 3.80. The van der Waals surface area contributed by atoms with Gasteiger partial charge in [0, 0.05) is 32.2 Å². The van der Waals surface area contributed by atoms with Crippen LogP contribution in [0.5, 0.6) is 0 Å². The summed E-state index contributed by atoms with van der Waals surface area (Å²) >= 11 is 0. The number of nitrogens with one attached hydrogen (secondary N) is 2. The van der Waals surface area contributed by atoms with Crippen molar-refractivity contribution in [1.82, 2.24) is 14.9 Å². The summed E-state index contributed by atoms with van der Waals surface area (Å²) in [5.74, 6) is 0.630. The first kappa shape index (κ1) is 24.7. The Morgan fingerprint density at radius 1 is 1.20 bits per heavy atom. The number of rotatable bonds is 7. The summed E-state index contributed by atoms with van der Waals surface area (Å²) in [6.07, 6.45) is 3.81. The first-order valence-corrected chi connectivity index (χ1v) is 9.77. The summed E-state index contributed by atoms with van der Waals surface area (Å²) in [5, 5.41) is 6.28. The number of halogens is 4. The minimum absolute atomic E-state index is 0. The summed E-state index contributed by atoms with van der Waals surface area (Å²) in [6.45, 7) is 5.12. The predicted octanol–water partition coefficient (Wildman–Crippen LogP) is 2.66. The van der Waals surface area contributed by atoms with Gasteiger partial charge in [-0.1, -0.05) is 19.8 Å². The monoisotopic (exact) mass is 500 g/mol. The summed E-state index contributed by atoms with van der Waals surface area (Å²) in [6, 6.07) is -0.0892. The molecule has 0 saturated carbocycles. The lowest BCUT2D eigenvalue weighted by Crippen LogP contribution is -2.51. The van der Waals surface area contributed by atoms with Gasteiger partial charge in [0.05, 0.1) is 0 Å². The van der Waals surface area contributed by atoms with Crippen molar-refractivity contribution in [2.45, 2.75) is 57.5 Å². The number of piperidine rings is 1. The molecular formula is C14H28F3IN4O2S. The van der Waals surface area contributed by atoms with Crippen LogP contribution in [0.15, 0.2) is 4.99 Å². The highest BCUT2D eigenvalue weighted by Gasteiger charge is 2.50. The zero-order valence-electron chi connectivity index (χ0n) is 14.6. The molecule has 0 aromatic heterocycles. The average Bonchev–Trinajstić information content (AvgIpc) is 2.51. The molecule has 0 amide bonds. The lowest BCUT2D eigenvalue weighted by Gasteiger charge is -2.32. The van der Waals surface area contributed by atoms with E-state index in [1.165, 1.54) is 0 Å².